The molecule has 4 rings (SSSR count). The standard InChI is InChI=1S/C18H20FN3O2/c19-13-3-1-2-12(8-13)9-22(15-6-7-15)10-17-21-16(11-24-17)18(23)20-14-4-5-14/h1-3,8,11,14-15H,4-7,9-10H2,(H,20,23). The quantitative estimate of drug-likeness (QED) is 0.848. The summed E-state index contributed by atoms with van der Waals surface area (Å²) in [6.07, 6.45) is 5.76. The van der Waals surface area contributed by atoms with Gasteiger partial charge in [-0.05, 0) is 43.4 Å². The van der Waals surface area contributed by atoms with Gasteiger partial charge in [0.1, 0.15) is 12.1 Å². The Morgan fingerprint density at radius 1 is 1.29 bits per heavy atom. The maximum Gasteiger partial charge on any atom is 0.273 e. The second kappa shape index (κ2) is 6.36. The molecule has 5 nitrogen and oxygen atoms in total. The van der Waals surface area contributed by atoms with Gasteiger partial charge >= 0.3 is 0 Å². The Labute approximate surface area is 139 Å². The third-order valence-electron chi connectivity index (χ3n) is 4.37. The van der Waals surface area contributed by atoms with Gasteiger partial charge in [-0.25, -0.2) is 9.37 Å². The zero-order valence-electron chi connectivity index (χ0n) is 13.4. The van der Waals surface area contributed by atoms with E-state index in [4.69, 9.17) is 4.42 Å². The number of hydrogen-bond acceptors (Lipinski definition) is 4. The second-order valence-corrected chi connectivity index (χ2v) is 6.64. The first kappa shape index (κ1) is 15.3. The predicted molar refractivity (Wildman–Crippen MR) is 85.7 cm³/mol. The number of rotatable bonds is 7. The molecule has 1 aromatic heterocycles. The molecule has 6 heteroatoms. The van der Waals surface area contributed by atoms with Crippen molar-refractivity contribution in [1.82, 2.24) is 15.2 Å². The van der Waals surface area contributed by atoms with Gasteiger partial charge in [-0.1, -0.05) is 12.1 Å². The van der Waals surface area contributed by atoms with Gasteiger partial charge in [0.05, 0.1) is 6.54 Å². The van der Waals surface area contributed by atoms with Crippen molar-refractivity contribution >= 4 is 5.91 Å². The largest absolute Gasteiger partial charge is 0.447 e. The smallest absolute Gasteiger partial charge is 0.273 e. The minimum atomic E-state index is -0.224. The molecule has 0 spiro atoms. The van der Waals surface area contributed by atoms with E-state index >= 15 is 0 Å². The van der Waals surface area contributed by atoms with Crippen molar-refractivity contribution in [2.45, 2.75) is 50.9 Å². The van der Waals surface area contributed by atoms with E-state index in [1.54, 1.807) is 12.1 Å². The molecule has 24 heavy (non-hydrogen) atoms. The van der Waals surface area contributed by atoms with Crippen LogP contribution in [0.5, 0.6) is 0 Å². The average molecular weight is 329 g/mol. The first-order chi connectivity index (χ1) is 11.7. The van der Waals surface area contributed by atoms with Crippen LogP contribution in [0.25, 0.3) is 0 Å². The molecule has 1 N–H and O–H groups in total. The van der Waals surface area contributed by atoms with Crippen LogP contribution in [-0.2, 0) is 13.1 Å². The lowest BCUT2D eigenvalue weighted by Gasteiger charge is -2.20. The fourth-order valence-electron chi connectivity index (χ4n) is 2.77. The molecule has 1 amide bonds. The van der Waals surface area contributed by atoms with E-state index in [-0.39, 0.29) is 11.7 Å². The van der Waals surface area contributed by atoms with Crippen LogP contribution < -0.4 is 5.32 Å². The van der Waals surface area contributed by atoms with Gasteiger partial charge in [0.2, 0.25) is 5.89 Å². The van der Waals surface area contributed by atoms with E-state index in [9.17, 15) is 9.18 Å². The molecule has 2 saturated carbocycles. The van der Waals surface area contributed by atoms with Crippen molar-refractivity contribution < 1.29 is 13.6 Å². The molecule has 0 unspecified atom stereocenters. The summed E-state index contributed by atoms with van der Waals surface area (Å²) in [5, 5.41) is 2.90. The van der Waals surface area contributed by atoms with E-state index < -0.39 is 0 Å². The number of carbonyl (C=O) groups is 1. The average Bonchev–Trinajstić information content (AvgIpc) is 3.47. The summed E-state index contributed by atoms with van der Waals surface area (Å²) in [6, 6.07) is 7.42. The lowest BCUT2D eigenvalue weighted by Crippen LogP contribution is -2.26. The summed E-state index contributed by atoms with van der Waals surface area (Å²) in [6.45, 7) is 1.17. The number of aromatic nitrogens is 1. The summed E-state index contributed by atoms with van der Waals surface area (Å²) in [7, 11) is 0. The Balaban J connectivity index is 1.41. The minimum Gasteiger partial charge on any atom is -0.447 e. The summed E-state index contributed by atoms with van der Waals surface area (Å²) in [5.41, 5.74) is 1.26. The number of benzene rings is 1. The molecule has 1 aromatic carbocycles. The van der Waals surface area contributed by atoms with Gasteiger partial charge < -0.3 is 9.73 Å². The molecule has 0 bridgehead atoms. The number of hydrogen-bond donors (Lipinski definition) is 1. The summed E-state index contributed by atoms with van der Waals surface area (Å²) in [5.74, 6) is 0.133. The first-order valence-electron chi connectivity index (χ1n) is 8.41. The van der Waals surface area contributed by atoms with Gasteiger partial charge in [-0.15, -0.1) is 0 Å². The van der Waals surface area contributed by atoms with Crippen molar-refractivity contribution in [2.24, 2.45) is 0 Å². The Hall–Kier alpha value is -2.21. The number of carbonyl (C=O) groups excluding carboxylic acids is 1. The molecule has 2 aliphatic rings. The SMILES string of the molecule is O=C(NC1CC1)c1coc(CN(Cc2cccc(F)c2)C2CC2)n1. The van der Waals surface area contributed by atoms with Crippen LogP contribution in [0.15, 0.2) is 34.9 Å². The molecule has 0 atom stereocenters. The number of oxazole rings is 1. The minimum absolute atomic E-state index is 0.171. The maximum absolute atomic E-state index is 13.4. The highest BCUT2D eigenvalue weighted by atomic mass is 19.1. The van der Waals surface area contributed by atoms with E-state index in [1.165, 1.54) is 12.3 Å². The molecular formula is C18H20FN3O2. The van der Waals surface area contributed by atoms with Crippen LogP contribution in [0.1, 0.15) is 47.6 Å². The zero-order valence-corrected chi connectivity index (χ0v) is 13.4. The van der Waals surface area contributed by atoms with Crippen LogP contribution in [0.2, 0.25) is 0 Å². The Morgan fingerprint density at radius 2 is 2.12 bits per heavy atom. The van der Waals surface area contributed by atoms with Crippen molar-refractivity contribution in [2.75, 3.05) is 0 Å². The van der Waals surface area contributed by atoms with E-state index in [0.29, 0.717) is 36.8 Å². The Morgan fingerprint density at radius 3 is 2.83 bits per heavy atom. The third-order valence-corrected chi connectivity index (χ3v) is 4.37. The zero-order chi connectivity index (χ0) is 16.5. The molecule has 2 aromatic rings. The summed E-state index contributed by atoms with van der Waals surface area (Å²) in [4.78, 5) is 18.5. The van der Waals surface area contributed by atoms with Gasteiger partial charge in [-0.3, -0.25) is 9.69 Å². The Bertz CT molecular complexity index is 737. The molecule has 1 heterocycles. The van der Waals surface area contributed by atoms with Gasteiger partial charge in [0, 0.05) is 18.6 Å². The van der Waals surface area contributed by atoms with E-state index in [1.807, 2.05) is 6.07 Å². The summed E-state index contributed by atoms with van der Waals surface area (Å²) < 4.78 is 18.8. The van der Waals surface area contributed by atoms with Gasteiger partial charge in [0.15, 0.2) is 5.69 Å². The van der Waals surface area contributed by atoms with Crippen molar-refractivity contribution in [3.63, 3.8) is 0 Å². The molecule has 2 aliphatic carbocycles. The molecule has 0 saturated heterocycles. The number of halogens is 1. The number of nitrogens with zero attached hydrogens (tertiary/aromatic N) is 2. The second-order valence-electron chi connectivity index (χ2n) is 6.64. The molecule has 0 aliphatic heterocycles. The lowest BCUT2D eigenvalue weighted by molar-refractivity contribution is 0.0946. The van der Waals surface area contributed by atoms with Crippen LogP contribution >= 0.6 is 0 Å². The third kappa shape index (κ3) is 3.82. The predicted octanol–water partition coefficient (Wildman–Crippen LogP) is 2.87. The molecule has 126 valence electrons. The fourth-order valence-corrected chi connectivity index (χ4v) is 2.77. The molecule has 0 radical (unpaired) electrons. The topological polar surface area (TPSA) is 58.4 Å². The highest BCUT2D eigenvalue weighted by Gasteiger charge is 2.30. The van der Waals surface area contributed by atoms with Crippen LogP contribution in [0.3, 0.4) is 0 Å². The number of nitrogens with one attached hydrogen (secondary N) is 1. The maximum atomic E-state index is 13.4. The van der Waals surface area contributed by atoms with E-state index in [0.717, 1.165) is 31.2 Å². The van der Waals surface area contributed by atoms with Crippen molar-refractivity contribution in [3.05, 3.63) is 53.5 Å². The van der Waals surface area contributed by atoms with Crippen LogP contribution in [0.4, 0.5) is 4.39 Å². The highest BCUT2D eigenvalue weighted by Crippen LogP contribution is 2.30. The Kier molecular flexibility index (Phi) is 4.06. The van der Waals surface area contributed by atoms with Crippen LogP contribution in [-0.4, -0.2) is 27.9 Å². The summed E-state index contributed by atoms with van der Waals surface area (Å²) >= 11 is 0. The van der Waals surface area contributed by atoms with Gasteiger partial charge in [0.25, 0.3) is 5.91 Å². The van der Waals surface area contributed by atoms with Crippen LogP contribution in [0, 0.1) is 5.82 Å². The lowest BCUT2D eigenvalue weighted by atomic mass is 10.2. The van der Waals surface area contributed by atoms with Gasteiger partial charge in [-0.2, -0.15) is 0 Å². The van der Waals surface area contributed by atoms with E-state index in [2.05, 4.69) is 15.2 Å². The fraction of sp³-hybridized carbons (Fsp3) is 0.444. The highest BCUT2D eigenvalue weighted by molar-refractivity contribution is 5.92. The first-order valence-corrected chi connectivity index (χ1v) is 8.41. The van der Waals surface area contributed by atoms with Crippen molar-refractivity contribution in [3.8, 4) is 0 Å². The van der Waals surface area contributed by atoms with Crippen molar-refractivity contribution in [1.29, 1.82) is 0 Å². The monoisotopic (exact) mass is 329 g/mol. The molecular weight excluding hydrogens is 309 g/mol. The normalized spacial score (nSPS) is 17.2. The molecule has 2 fully saturated rings. The number of amides is 1.